The first-order chi connectivity index (χ1) is 33.7. The smallest absolute Gasteiger partial charge is 0.326 e. The highest BCUT2D eigenvalue weighted by Gasteiger charge is 2.50. The van der Waals surface area contributed by atoms with Gasteiger partial charge >= 0.3 is 17.9 Å². The van der Waals surface area contributed by atoms with Crippen LogP contribution >= 0.6 is 11.8 Å². The first-order valence-electron chi connectivity index (χ1n) is 23.7. The van der Waals surface area contributed by atoms with Crippen LogP contribution in [0.15, 0.2) is 60.7 Å². The Morgan fingerprint density at radius 1 is 0.653 bits per heavy atom. The van der Waals surface area contributed by atoms with Crippen molar-refractivity contribution >= 4 is 71.0 Å². The quantitative estimate of drug-likeness (QED) is 0.0546. The second-order valence-corrected chi connectivity index (χ2v) is 20.7. The first kappa shape index (κ1) is 59.7. The summed E-state index contributed by atoms with van der Waals surface area (Å²) in [6.45, 7) is 11.5. The fourth-order valence-electron chi connectivity index (χ4n) is 7.83. The molecular formula is C49H70N8O14S. The largest absolute Gasteiger partial charge is 0.481 e. The van der Waals surface area contributed by atoms with E-state index in [-0.39, 0.29) is 43.9 Å². The van der Waals surface area contributed by atoms with E-state index in [1.807, 2.05) is 0 Å². The molecule has 0 aromatic heterocycles. The molecule has 1 aliphatic heterocycles. The maximum atomic E-state index is 14.5. The summed E-state index contributed by atoms with van der Waals surface area (Å²) in [5.41, 5.74) is 7.09. The van der Waals surface area contributed by atoms with Gasteiger partial charge in [-0.25, -0.2) is 4.79 Å². The number of benzene rings is 2. The third-order valence-corrected chi connectivity index (χ3v) is 13.2. The van der Waals surface area contributed by atoms with E-state index in [0.717, 1.165) is 4.90 Å². The predicted molar refractivity (Wildman–Crippen MR) is 264 cm³/mol. The highest BCUT2D eigenvalue weighted by Crippen LogP contribution is 2.40. The van der Waals surface area contributed by atoms with Crippen LogP contribution in [-0.2, 0) is 60.8 Å². The number of nitrogens with two attached hydrogens (primary N) is 1. The number of carbonyl (C=O) groups is 10. The van der Waals surface area contributed by atoms with Gasteiger partial charge in [0.25, 0.3) is 5.91 Å². The normalized spacial score (nSPS) is 17.4. The molecule has 2 aromatic rings. The third-order valence-electron chi connectivity index (χ3n) is 11.9. The number of carboxylic acids is 3. The molecule has 1 saturated heterocycles. The molecule has 0 aliphatic carbocycles. The molecule has 22 nitrogen and oxygen atoms in total. The number of thioether (sulfide) groups is 1. The van der Waals surface area contributed by atoms with Crippen LogP contribution in [-0.4, -0.2) is 150 Å². The minimum absolute atomic E-state index is 0.0869. The van der Waals surface area contributed by atoms with E-state index in [9.17, 15) is 63.3 Å². The summed E-state index contributed by atoms with van der Waals surface area (Å²) < 4.78 is -1.02. The van der Waals surface area contributed by atoms with Gasteiger partial charge in [0.1, 0.15) is 36.3 Å². The Labute approximate surface area is 422 Å². The van der Waals surface area contributed by atoms with Gasteiger partial charge in [0.2, 0.25) is 35.4 Å². The van der Waals surface area contributed by atoms with Gasteiger partial charge in [-0.2, -0.15) is 0 Å². The summed E-state index contributed by atoms with van der Waals surface area (Å²) in [5, 5.41) is 55.5. The number of carbonyl (C=O) groups excluding carboxylic acids is 7. The van der Waals surface area contributed by atoms with Crippen molar-refractivity contribution in [1.29, 1.82) is 0 Å². The van der Waals surface area contributed by atoms with Crippen LogP contribution in [0.25, 0.3) is 0 Å². The molecule has 0 saturated carbocycles. The van der Waals surface area contributed by atoms with E-state index in [0.29, 0.717) is 11.1 Å². The molecule has 0 bridgehead atoms. The second-order valence-electron chi connectivity index (χ2n) is 19.1. The monoisotopic (exact) mass is 1030 g/mol. The van der Waals surface area contributed by atoms with Crippen molar-refractivity contribution in [3.8, 4) is 0 Å². The number of carboxylic acid groups (broad SMARTS) is 3. The molecule has 1 unspecified atom stereocenters. The van der Waals surface area contributed by atoms with E-state index >= 15 is 0 Å². The van der Waals surface area contributed by atoms with Gasteiger partial charge in [-0.15, -0.1) is 11.8 Å². The van der Waals surface area contributed by atoms with Gasteiger partial charge in [-0.3, -0.25) is 43.2 Å². The Hall–Kier alpha value is -6.59. The topological polar surface area (TPSA) is 353 Å². The molecule has 1 aliphatic rings. The van der Waals surface area contributed by atoms with E-state index in [2.05, 4.69) is 31.9 Å². The lowest BCUT2D eigenvalue weighted by Crippen LogP contribution is -2.62. The summed E-state index contributed by atoms with van der Waals surface area (Å²) in [7, 11) is 0. The molecule has 3 rings (SSSR count). The van der Waals surface area contributed by atoms with E-state index in [4.69, 9.17) is 10.8 Å². The first-order valence-corrected chi connectivity index (χ1v) is 24.6. The molecule has 1 fully saturated rings. The summed E-state index contributed by atoms with van der Waals surface area (Å²) in [5.74, 6) is -10.6. The van der Waals surface area contributed by atoms with Gasteiger partial charge in [0.05, 0.1) is 18.0 Å². The maximum Gasteiger partial charge on any atom is 0.326 e. The Kier molecular flexibility index (Phi) is 23.1. The Bertz CT molecular complexity index is 2230. The number of rotatable bonds is 28. The lowest BCUT2D eigenvalue weighted by Gasteiger charge is -2.34. The lowest BCUT2D eigenvalue weighted by atomic mass is 9.96. The summed E-state index contributed by atoms with van der Waals surface area (Å²) >= 11 is 1.20. The molecule has 23 heteroatoms. The van der Waals surface area contributed by atoms with Crippen molar-refractivity contribution in [2.45, 2.75) is 153 Å². The number of aliphatic hydroxyl groups excluding tert-OH is 1. The summed E-state index contributed by atoms with van der Waals surface area (Å²) in [6.07, 6.45) is -3.64. The van der Waals surface area contributed by atoms with Crippen molar-refractivity contribution < 1.29 is 68.4 Å². The zero-order valence-corrected chi connectivity index (χ0v) is 42.4. The minimum atomic E-state index is -1.98. The molecular weight excluding hydrogens is 957 g/mol. The SMILES string of the molecule is CC(C)C[C@H](NC(=O)[C@@H](NC(=O)[C@@H](N)CCC(=O)O)C(C)C)C(=O)N[C@@H](Cc1ccccc1)[C@@H](O)C(=O)N1CSC(C)(C)C1C(=O)N[C@@H](C)C(=O)N[C@@H](CCC(=O)O)C(=O)N[C@@H](Cc1ccccc1)C(=O)O. The summed E-state index contributed by atoms with van der Waals surface area (Å²) in [6, 6.07) is 6.37. The number of nitrogens with one attached hydrogen (secondary N) is 6. The van der Waals surface area contributed by atoms with Gasteiger partial charge in [-0.05, 0) is 69.4 Å². The van der Waals surface area contributed by atoms with Crippen LogP contribution in [0.1, 0.15) is 91.7 Å². The Morgan fingerprint density at radius 2 is 1.17 bits per heavy atom. The van der Waals surface area contributed by atoms with E-state index < -0.39 is 137 Å². The maximum absolute atomic E-state index is 14.5. The molecule has 0 spiro atoms. The fraction of sp³-hybridized carbons (Fsp3) is 0.551. The average Bonchev–Trinajstić information content (AvgIpc) is 3.64. The second kappa shape index (κ2) is 27.9. The van der Waals surface area contributed by atoms with Crippen LogP contribution in [0.2, 0.25) is 0 Å². The average molecular weight is 1030 g/mol. The number of amides is 7. The van der Waals surface area contributed by atoms with Crippen molar-refractivity contribution in [3.05, 3.63) is 71.8 Å². The lowest BCUT2D eigenvalue weighted by molar-refractivity contribution is -0.148. The molecule has 9 atom stereocenters. The molecule has 1 heterocycles. The van der Waals surface area contributed by atoms with Gasteiger partial charge in [0, 0.05) is 24.0 Å². The predicted octanol–water partition coefficient (Wildman–Crippen LogP) is 0.285. The standard InChI is InChI=1S/C49H70N8O14S/c1-26(2)22-34(54-45(67)38(27(3)4)56-42(64)31(50)18-20-36(58)59)44(66)53-33(23-29-14-10-8-11-15-29)39(62)47(69)57-25-72-49(6,7)40(57)46(68)51-28(5)41(63)52-32(19-21-37(60)61)43(65)55-35(48(70)71)24-30-16-12-9-13-17-30/h8-17,26-28,31-35,38-40,62H,18-25,50H2,1-7H3,(H,51,68)(H,52,63)(H,53,66)(H,54,67)(H,55,65)(H,56,64)(H,58,59)(H,60,61)(H,70,71)/t28-,31-,32-,33-,34-,35-,38-,39+,40?/m0/s1. The van der Waals surface area contributed by atoms with Gasteiger partial charge in [0.15, 0.2) is 6.10 Å². The number of hydrogen-bond acceptors (Lipinski definition) is 13. The molecule has 396 valence electrons. The van der Waals surface area contributed by atoms with E-state index in [1.54, 1.807) is 102 Å². The van der Waals surface area contributed by atoms with Crippen molar-refractivity contribution in [2.24, 2.45) is 17.6 Å². The van der Waals surface area contributed by atoms with Crippen LogP contribution in [0.3, 0.4) is 0 Å². The van der Waals surface area contributed by atoms with Crippen molar-refractivity contribution in [1.82, 2.24) is 36.8 Å². The summed E-state index contributed by atoms with van der Waals surface area (Å²) in [4.78, 5) is 132. The van der Waals surface area contributed by atoms with Crippen molar-refractivity contribution in [2.75, 3.05) is 5.88 Å². The Balaban J connectivity index is 1.84. The number of hydrogen-bond donors (Lipinski definition) is 11. The zero-order chi connectivity index (χ0) is 54.0. The number of nitrogens with zero attached hydrogens (tertiary/aromatic N) is 1. The zero-order valence-electron chi connectivity index (χ0n) is 41.6. The molecule has 2 aromatic carbocycles. The fourth-order valence-corrected chi connectivity index (χ4v) is 8.97. The van der Waals surface area contributed by atoms with Crippen LogP contribution in [0.5, 0.6) is 0 Å². The van der Waals surface area contributed by atoms with E-state index in [1.165, 1.54) is 18.7 Å². The third kappa shape index (κ3) is 18.5. The molecule has 0 radical (unpaired) electrons. The van der Waals surface area contributed by atoms with Crippen LogP contribution in [0.4, 0.5) is 0 Å². The molecule has 12 N–H and O–H groups in total. The highest BCUT2D eigenvalue weighted by molar-refractivity contribution is 8.00. The molecule has 72 heavy (non-hydrogen) atoms. The highest BCUT2D eigenvalue weighted by atomic mass is 32.2. The van der Waals surface area contributed by atoms with Crippen LogP contribution < -0.4 is 37.6 Å². The van der Waals surface area contributed by atoms with Crippen molar-refractivity contribution in [3.63, 3.8) is 0 Å². The minimum Gasteiger partial charge on any atom is -0.481 e. The molecule has 7 amide bonds. The van der Waals surface area contributed by atoms with Crippen LogP contribution in [0, 0.1) is 11.8 Å². The Morgan fingerprint density at radius 3 is 1.69 bits per heavy atom. The van der Waals surface area contributed by atoms with Gasteiger partial charge in [-0.1, -0.05) is 88.4 Å². The number of aliphatic carboxylic acids is 3. The number of aliphatic hydroxyl groups is 1. The van der Waals surface area contributed by atoms with Gasteiger partial charge < -0.3 is 63.0 Å².